The monoisotopic (exact) mass is 547 g/mol. The van der Waals surface area contributed by atoms with E-state index >= 15 is 8.78 Å². The number of piperazine rings is 1. The van der Waals surface area contributed by atoms with Crippen molar-refractivity contribution in [3.63, 3.8) is 0 Å². The second-order valence-electron chi connectivity index (χ2n) is 10.4. The van der Waals surface area contributed by atoms with Gasteiger partial charge in [0.05, 0.1) is 41.3 Å². The summed E-state index contributed by atoms with van der Waals surface area (Å²) in [5.74, 6) is -1.94. The quantitative estimate of drug-likeness (QED) is 0.281. The standard InChI is InChI=1S/C29H31F2N7O2/c1-4-26(39)34-20-7-5-6-19(14-20)23-15-33-25-16-32-24(17-38(23)25)35-21-8-9-22(28(31)27(21)30)37-12-10-36(11-13-37)18-29(2,3)40/h4-9,14-17,35,40H,1,10-13,18H2,2-3H3,(H,34,39). The normalized spacial score (nSPS) is 14.4. The van der Waals surface area contributed by atoms with Crippen LogP contribution >= 0.6 is 0 Å². The first-order valence-corrected chi connectivity index (χ1v) is 12.9. The third kappa shape index (κ3) is 5.95. The Labute approximate surface area is 230 Å². The molecule has 1 saturated heterocycles. The van der Waals surface area contributed by atoms with Crippen LogP contribution in [-0.2, 0) is 4.79 Å². The molecular weight excluding hydrogens is 516 g/mol. The molecule has 0 spiro atoms. The third-order valence-electron chi connectivity index (χ3n) is 6.66. The van der Waals surface area contributed by atoms with Crippen molar-refractivity contribution < 1.29 is 18.7 Å². The number of rotatable bonds is 8. The maximum absolute atomic E-state index is 15.2. The smallest absolute Gasteiger partial charge is 0.247 e. The van der Waals surface area contributed by atoms with Crippen molar-refractivity contribution in [3.8, 4) is 11.3 Å². The molecule has 5 rings (SSSR count). The summed E-state index contributed by atoms with van der Waals surface area (Å²) in [6, 6.07) is 10.3. The van der Waals surface area contributed by atoms with Gasteiger partial charge in [0, 0.05) is 44.0 Å². The number of aromatic nitrogens is 3. The molecule has 208 valence electrons. The largest absolute Gasteiger partial charge is 0.389 e. The van der Waals surface area contributed by atoms with Crippen molar-refractivity contribution in [1.82, 2.24) is 19.3 Å². The van der Waals surface area contributed by atoms with E-state index in [0.717, 1.165) is 11.3 Å². The van der Waals surface area contributed by atoms with Gasteiger partial charge in [0.25, 0.3) is 0 Å². The lowest BCUT2D eigenvalue weighted by atomic mass is 10.1. The predicted molar refractivity (Wildman–Crippen MR) is 152 cm³/mol. The Bertz CT molecular complexity index is 1560. The molecule has 40 heavy (non-hydrogen) atoms. The van der Waals surface area contributed by atoms with Crippen LogP contribution in [0.2, 0.25) is 0 Å². The summed E-state index contributed by atoms with van der Waals surface area (Å²) in [6.07, 6.45) is 6.05. The van der Waals surface area contributed by atoms with Gasteiger partial charge in [-0.15, -0.1) is 0 Å². The second kappa shape index (κ2) is 11.0. The minimum absolute atomic E-state index is 0.0374. The zero-order valence-electron chi connectivity index (χ0n) is 22.4. The van der Waals surface area contributed by atoms with Crippen LogP contribution in [0, 0.1) is 11.6 Å². The Balaban J connectivity index is 1.34. The summed E-state index contributed by atoms with van der Waals surface area (Å²) in [4.78, 5) is 24.3. The van der Waals surface area contributed by atoms with Gasteiger partial charge >= 0.3 is 0 Å². The van der Waals surface area contributed by atoms with E-state index in [1.807, 2.05) is 11.0 Å². The highest BCUT2D eigenvalue weighted by Gasteiger charge is 2.25. The molecule has 1 amide bonds. The van der Waals surface area contributed by atoms with E-state index < -0.39 is 17.2 Å². The number of β-amino-alcohol motifs (C(OH)–C–C–N with tert-alkyl or cyclic N) is 1. The fourth-order valence-electron chi connectivity index (χ4n) is 4.83. The molecule has 1 fully saturated rings. The molecule has 0 unspecified atom stereocenters. The van der Waals surface area contributed by atoms with Crippen molar-refractivity contribution in [2.24, 2.45) is 0 Å². The summed E-state index contributed by atoms with van der Waals surface area (Å²) in [5, 5.41) is 15.7. The highest BCUT2D eigenvalue weighted by Crippen LogP contribution is 2.30. The number of hydrogen-bond donors (Lipinski definition) is 3. The van der Waals surface area contributed by atoms with E-state index in [4.69, 9.17) is 0 Å². The summed E-state index contributed by atoms with van der Waals surface area (Å²) >= 11 is 0. The van der Waals surface area contributed by atoms with Crippen LogP contribution in [-0.4, -0.2) is 68.6 Å². The van der Waals surface area contributed by atoms with E-state index in [1.165, 1.54) is 18.3 Å². The zero-order chi connectivity index (χ0) is 28.4. The molecule has 1 aliphatic rings. The van der Waals surface area contributed by atoms with Crippen molar-refractivity contribution in [2.75, 3.05) is 48.3 Å². The van der Waals surface area contributed by atoms with Gasteiger partial charge in [-0.1, -0.05) is 18.7 Å². The SMILES string of the molecule is C=CC(=O)Nc1cccc(-c2cnc3cnc(Nc4ccc(N5CCN(CC(C)(C)O)CC5)c(F)c4F)cn23)c1. The Morgan fingerprint density at radius 1 is 1.10 bits per heavy atom. The molecule has 9 nitrogen and oxygen atoms in total. The number of halogens is 2. The molecule has 0 atom stereocenters. The molecule has 3 heterocycles. The van der Waals surface area contributed by atoms with Gasteiger partial charge in [-0.2, -0.15) is 0 Å². The van der Waals surface area contributed by atoms with Crippen molar-refractivity contribution >= 4 is 34.4 Å². The van der Waals surface area contributed by atoms with Gasteiger partial charge in [0.2, 0.25) is 5.91 Å². The maximum atomic E-state index is 15.2. The first kappa shape index (κ1) is 27.2. The molecule has 4 aromatic rings. The van der Waals surface area contributed by atoms with Crippen LogP contribution in [0.15, 0.2) is 67.6 Å². The number of amides is 1. The molecule has 0 aliphatic carbocycles. The van der Waals surface area contributed by atoms with E-state index in [-0.39, 0.29) is 17.3 Å². The van der Waals surface area contributed by atoms with Gasteiger partial charge in [-0.05, 0) is 44.2 Å². The third-order valence-corrected chi connectivity index (χ3v) is 6.66. The number of imidazole rings is 1. The van der Waals surface area contributed by atoms with Crippen molar-refractivity contribution in [1.29, 1.82) is 0 Å². The number of carbonyl (C=O) groups is 1. The Kier molecular flexibility index (Phi) is 7.51. The number of hydrogen-bond acceptors (Lipinski definition) is 7. The van der Waals surface area contributed by atoms with Gasteiger partial charge in [0.1, 0.15) is 5.82 Å². The van der Waals surface area contributed by atoms with Crippen molar-refractivity contribution in [3.05, 3.63) is 79.3 Å². The lowest BCUT2D eigenvalue weighted by Gasteiger charge is -2.38. The van der Waals surface area contributed by atoms with Gasteiger partial charge < -0.3 is 20.6 Å². The molecule has 1 aliphatic heterocycles. The van der Waals surface area contributed by atoms with E-state index in [0.29, 0.717) is 49.9 Å². The van der Waals surface area contributed by atoms with E-state index in [1.54, 1.807) is 54.9 Å². The van der Waals surface area contributed by atoms with Crippen LogP contribution in [0.3, 0.4) is 0 Å². The highest BCUT2D eigenvalue weighted by molar-refractivity contribution is 5.99. The number of benzene rings is 2. The molecule has 11 heteroatoms. The van der Waals surface area contributed by atoms with Crippen LogP contribution in [0.1, 0.15) is 13.8 Å². The number of nitrogens with zero attached hydrogens (tertiary/aromatic N) is 5. The number of aliphatic hydroxyl groups is 1. The van der Waals surface area contributed by atoms with E-state index in [2.05, 4.69) is 32.1 Å². The molecule has 0 bridgehead atoms. The molecule has 2 aromatic carbocycles. The topological polar surface area (TPSA) is 98.0 Å². The summed E-state index contributed by atoms with van der Waals surface area (Å²) in [6.45, 7) is 9.84. The Morgan fingerprint density at radius 3 is 2.60 bits per heavy atom. The molecular formula is C29H31F2N7O2. The Hall–Kier alpha value is -4.35. The lowest BCUT2D eigenvalue weighted by Crippen LogP contribution is -2.50. The number of fused-ring (bicyclic) bond motifs is 1. The van der Waals surface area contributed by atoms with Crippen LogP contribution in [0.25, 0.3) is 16.9 Å². The molecule has 2 aromatic heterocycles. The first-order valence-electron chi connectivity index (χ1n) is 12.9. The second-order valence-corrected chi connectivity index (χ2v) is 10.4. The first-order chi connectivity index (χ1) is 19.1. The average molecular weight is 548 g/mol. The Morgan fingerprint density at radius 2 is 1.88 bits per heavy atom. The molecule has 0 radical (unpaired) electrons. The fourth-order valence-corrected chi connectivity index (χ4v) is 4.83. The van der Waals surface area contributed by atoms with Gasteiger partial charge in [0.15, 0.2) is 17.3 Å². The number of nitrogens with one attached hydrogen (secondary N) is 2. The number of anilines is 4. The minimum atomic E-state index is -0.991. The predicted octanol–water partition coefficient (Wildman–Crippen LogP) is 4.44. The lowest BCUT2D eigenvalue weighted by molar-refractivity contribution is -0.111. The van der Waals surface area contributed by atoms with Crippen molar-refractivity contribution in [2.45, 2.75) is 19.4 Å². The van der Waals surface area contributed by atoms with E-state index in [9.17, 15) is 9.90 Å². The summed E-state index contributed by atoms with van der Waals surface area (Å²) < 4.78 is 32.1. The van der Waals surface area contributed by atoms with Crippen LogP contribution < -0.4 is 15.5 Å². The van der Waals surface area contributed by atoms with Gasteiger partial charge in [-0.3, -0.25) is 14.1 Å². The van der Waals surface area contributed by atoms with Crippen LogP contribution in [0.4, 0.5) is 31.7 Å². The zero-order valence-corrected chi connectivity index (χ0v) is 22.4. The highest BCUT2D eigenvalue weighted by atomic mass is 19.2. The number of carbonyl (C=O) groups excluding carboxylic acids is 1. The summed E-state index contributed by atoms with van der Waals surface area (Å²) in [5.41, 5.74) is 2.03. The minimum Gasteiger partial charge on any atom is -0.389 e. The van der Waals surface area contributed by atoms with Crippen LogP contribution in [0.5, 0.6) is 0 Å². The fraction of sp³-hybridized carbons (Fsp3) is 0.276. The van der Waals surface area contributed by atoms with Gasteiger partial charge in [-0.25, -0.2) is 18.7 Å². The average Bonchev–Trinajstić information content (AvgIpc) is 3.35. The molecule has 3 N–H and O–H groups in total. The molecule has 0 saturated carbocycles. The maximum Gasteiger partial charge on any atom is 0.247 e. The summed E-state index contributed by atoms with van der Waals surface area (Å²) in [7, 11) is 0.